The summed E-state index contributed by atoms with van der Waals surface area (Å²) in [6.45, 7) is 3.24. The van der Waals surface area contributed by atoms with Gasteiger partial charge in [0.1, 0.15) is 12.4 Å². The molecule has 3 rings (SSSR count). The molecule has 0 bridgehead atoms. The van der Waals surface area contributed by atoms with Crippen molar-refractivity contribution in [3.8, 4) is 16.9 Å². The van der Waals surface area contributed by atoms with Crippen LogP contribution in [0.15, 0.2) is 72.8 Å². The Bertz CT molecular complexity index is 770. The van der Waals surface area contributed by atoms with Gasteiger partial charge in [-0.1, -0.05) is 60.2 Å². The standard InChI is InChI=1S/C21H21NO.ClH/c1-16-11-18(14-22)13-20(12-16)19-7-9-21(10-8-19)23-15-17-5-3-2-4-6-17;/h2-13H,14-15,22H2,1H3;1H. The molecule has 0 amide bonds. The maximum absolute atomic E-state index is 5.83. The summed E-state index contributed by atoms with van der Waals surface area (Å²) in [5, 5.41) is 0. The topological polar surface area (TPSA) is 35.2 Å². The Morgan fingerprint density at radius 2 is 1.50 bits per heavy atom. The summed E-state index contributed by atoms with van der Waals surface area (Å²) < 4.78 is 5.83. The van der Waals surface area contributed by atoms with Gasteiger partial charge in [-0.25, -0.2) is 0 Å². The molecule has 3 aromatic rings. The van der Waals surface area contributed by atoms with Gasteiger partial charge >= 0.3 is 0 Å². The van der Waals surface area contributed by atoms with Gasteiger partial charge in [0.25, 0.3) is 0 Å². The van der Waals surface area contributed by atoms with Crippen LogP contribution in [-0.2, 0) is 13.2 Å². The van der Waals surface area contributed by atoms with Crippen LogP contribution >= 0.6 is 12.4 Å². The maximum Gasteiger partial charge on any atom is 0.119 e. The Kier molecular flexibility index (Phi) is 6.42. The van der Waals surface area contributed by atoms with E-state index in [1.165, 1.54) is 22.3 Å². The van der Waals surface area contributed by atoms with Crippen molar-refractivity contribution in [3.05, 3.63) is 89.5 Å². The van der Waals surface area contributed by atoms with E-state index in [0.29, 0.717) is 13.2 Å². The van der Waals surface area contributed by atoms with E-state index in [1.807, 2.05) is 30.3 Å². The van der Waals surface area contributed by atoms with Gasteiger partial charge in [-0.05, 0) is 47.4 Å². The van der Waals surface area contributed by atoms with Crippen LogP contribution in [0.4, 0.5) is 0 Å². The lowest BCUT2D eigenvalue weighted by atomic mass is 10.0. The van der Waals surface area contributed by atoms with Gasteiger partial charge in [0.05, 0.1) is 0 Å². The molecule has 3 aromatic carbocycles. The number of hydrogen-bond acceptors (Lipinski definition) is 2. The predicted molar refractivity (Wildman–Crippen MR) is 103 cm³/mol. The van der Waals surface area contributed by atoms with E-state index in [9.17, 15) is 0 Å². The van der Waals surface area contributed by atoms with Crippen LogP contribution in [0.1, 0.15) is 16.7 Å². The average molecular weight is 340 g/mol. The first-order valence-corrected chi connectivity index (χ1v) is 7.82. The Morgan fingerprint density at radius 1 is 0.792 bits per heavy atom. The van der Waals surface area contributed by atoms with E-state index in [0.717, 1.165) is 11.3 Å². The number of nitrogens with two attached hydrogens (primary N) is 1. The van der Waals surface area contributed by atoms with Gasteiger partial charge in [0.15, 0.2) is 0 Å². The number of rotatable bonds is 5. The molecule has 3 heteroatoms. The zero-order valence-electron chi connectivity index (χ0n) is 13.7. The fourth-order valence-electron chi connectivity index (χ4n) is 2.63. The quantitative estimate of drug-likeness (QED) is 0.700. The third kappa shape index (κ3) is 4.60. The van der Waals surface area contributed by atoms with Gasteiger partial charge < -0.3 is 10.5 Å². The van der Waals surface area contributed by atoms with Gasteiger partial charge in [0.2, 0.25) is 0 Å². The molecule has 0 spiro atoms. The SMILES string of the molecule is Cc1cc(CN)cc(-c2ccc(OCc3ccccc3)cc2)c1.Cl. The van der Waals surface area contributed by atoms with Crippen molar-refractivity contribution in [2.45, 2.75) is 20.1 Å². The van der Waals surface area contributed by atoms with E-state index in [1.54, 1.807) is 0 Å². The van der Waals surface area contributed by atoms with Crippen molar-refractivity contribution < 1.29 is 4.74 Å². The zero-order valence-corrected chi connectivity index (χ0v) is 14.6. The molecule has 0 aliphatic heterocycles. The molecule has 0 atom stereocenters. The van der Waals surface area contributed by atoms with E-state index in [-0.39, 0.29) is 12.4 Å². The molecule has 24 heavy (non-hydrogen) atoms. The third-order valence-electron chi connectivity index (χ3n) is 3.81. The summed E-state index contributed by atoms with van der Waals surface area (Å²) in [7, 11) is 0. The second-order valence-corrected chi connectivity index (χ2v) is 5.71. The third-order valence-corrected chi connectivity index (χ3v) is 3.81. The van der Waals surface area contributed by atoms with Crippen LogP contribution in [0.3, 0.4) is 0 Å². The van der Waals surface area contributed by atoms with Crippen LogP contribution in [0.25, 0.3) is 11.1 Å². The summed E-state index contributed by atoms with van der Waals surface area (Å²) in [4.78, 5) is 0. The highest BCUT2D eigenvalue weighted by Gasteiger charge is 2.02. The summed E-state index contributed by atoms with van der Waals surface area (Å²) in [5.41, 5.74) is 11.7. The van der Waals surface area contributed by atoms with E-state index < -0.39 is 0 Å². The summed E-state index contributed by atoms with van der Waals surface area (Å²) in [5.74, 6) is 0.879. The number of ether oxygens (including phenoxy) is 1. The number of hydrogen-bond donors (Lipinski definition) is 1. The van der Waals surface area contributed by atoms with Gasteiger partial charge in [0, 0.05) is 6.54 Å². The summed E-state index contributed by atoms with van der Waals surface area (Å²) in [6, 6.07) is 24.9. The second-order valence-electron chi connectivity index (χ2n) is 5.71. The van der Waals surface area contributed by atoms with Crippen LogP contribution in [0.5, 0.6) is 5.75 Å². The van der Waals surface area contributed by atoms with Gasteiger partial charge in [-0.3, -0.25) is 0 Å². The van der Waals surface area contributed by atoms with E-state index in [2.05, 4.69) is 49.4 Å². The number of aryl methyl sites for hydroxylation is 1. The van der Waals surface area contributed by atoms with Crippen molar-refractivity contribution in [1.82, 2.24) is 0 Å². The Balaban J connectivity index is 0.00000208. The fourth-order valence-corrected chi connectivity index (χ4v) is 2.63. The van der Waals surface area contributed by atoms with Crippen molar-refractivity contribution >= 4 is 12.4 Å². The van der Waals surface area contributed by atoms with Gasteiger partial charge in [-0.15, -0.1) is 12.4 Å². The molecular weight excluding hydrogens is 318 g/mol. The maximum atomic E-state index is 5.83. The minimum Gasteiger partial charge on any atom is -0.489 e. The molecule has 0 aliphatic rings. The van der Waals surface area contributed by atoms with Crippen LogP contribution in [-0.4, -0.2) is 0 Å². The minimum atomic E-state index is 0. The summed E-state index contributed by atoms with van der Waals surface area (Å²) in [6.07, 6.45) is 0. The molecule has 124 valence electrons. The lowest BCUT2D eigenvalue weighted by Gasteiger charge is -2.09. The lowest BCUT2D eigenvalue weighted by molar-refractivity contribution is 0.306. The first-order chi connectivity index (χ1) is 11.2. The highest BCUT2D eigenvalue weighted by atomic mass is 35.5. The Hall–Kier alpha value is -2.29. The largest absolute Gasteiger partial charge is 0.489 e. The lowest BCUT2D eigenvalue weighted by Crippen LogP contribution is -1.97. The average Bonchev–Trinajstić information content (AvgIpc) is 2.60. The van der Waals surface area contributed by atoms with Crippen LogP contribution in [0.2, 0.25) is 0 Å². The molecule has 0 saturated carbocycles. The second kappa shape index (κ2) is 8.53. The number of halogens is 1. The molecule has 0 aromatic heterocycles. The van der Waals surface area contributed by atoms with Crippen molar-refractivity contribution in [2.24, 2.45) is 5.73 Å². The van der Waals surface area contributed by atoms with E-state index in [4.69, 9.17) is 10.5 Å². The Labute approximate surface area is 149 Å². The molecule has 0 saturated heterocycles. The monoisotopic (exact) mass is 339 g/mol. The Morgan fingerprint density at radius 3 is 2.17 bits per heavy atom. The van der Waals surface area contributed by atoms with Crippen molar-refractivity contribution in [1.29, 1.82) is 0 Å². The van der Waals surface area contributed by atoms with Crippen LogP contribution < -0.4 is 10.5 Å². The molecule has 0 unspecified atom stereocenters. The fraction of sp³-hybridized carbons (Fsp3) is 0.143. The van der Waals surface area contributed by atoms with E-state index >= 15 is 0 Å². The normalized spacial score (nSPS) is 10.1. The predicted octanol–water partition coefficient (Wildman–Crippen LogP) is 5.12. The van der Waals surface area contributed by atoms with Crippen molar-refractivity contribution in [3.63, 3.8) is 0 Å². The van der Waals surface area contributed by atoms with Crippen LogP contribution in [0, 0.1) is 6.92 Å². The molecule has 0 aliphatic carbocycles. The molecule has 0 heterocycles. The highest BCUT2D eigenvalue weighted by molar-refractivity contribution is 5.85. The molecule has 2 N–H and O–H groups in total. The van der Waals surface area contributed by atoms with Gasteiger partial charge in [-0.2, -0.15) is 0 Å². The summed E-state index contributed by atoms with van der Waals surface area (Å²) >= 11 is 0. The molecular formula is C21H22ClNO. The molecule has 0 radical (unpaired) electrons. The smallest absolute Gasteiger partial charge is 0.119 e. The molecule has 2 nitrogen and oxygen atoms in total. The zero-order chi connectivity index (χ0) is 16.1. The molecule has 0 fully saturated rings. The number of benzene rings is 3. The minimum absolute atomic E-state index is 0. The first kappa shape index (κ1) is 18.1. The van der Waals surface area contributed by atoms with Crippen molar-refractivity contribution in [2.75, 3.05) is 0 Å². The first-order valence-electron chi connectivity index (χ1n) is 7.82. The highest BCUT2D eigenvalue weighted by Crippen LogP contribution is 2.25.